The molecule has 0 aliphatic carbocycles. The Morgan fingerprint density at radius 2 is 1.69 bits per heavy atom. The molecule has 0 aromatic heterocycles. The van der Waals surface area contributed by atoms with Crippen molar-refractivity contribution in [1.29, 1.82) is 0 Å². The van der Waals surface area contributed by atoms with Crippen molar-refractivity contribution in [2.24, 2.45) is 5.10 Å². The van der Waals surface area contributed by atoms with Gasteiger partial charge in [-0.05, 0) is 84.9 Å². The highest BCUT2D eigenvalue weighted by atomic mass is 79.9. The van der Waals surface area contributed by atoms with Crippen molar-refractivity contribution in [2.45, 2.75) is 13.5 Å². The highest BCUT2D eigenvalue weighted by Gasteiger charge is 2.10. The molecule has 0 atom stereocenters. The van der Waals surface area contributed by atoms with Crippen LogP contribution >= 0.6 is 31.9 Å². The Morgan fingerprint density at radius 3 is 2.47 bits per heavy atom. The molecule has 1 amide bonds. The van der Waals surface area contributed by atoms with Crippen LogP contribution in [0.25, 0.3) is 10.8 Å². The number of carbonyl (C=O) groups excluding carboxylic acids is 1. The van der Waals surface area contributed by atoms with Gasteiger partial charge in [-0.1, -0.05) is 60.2 Å². The predicted molar refractivity (Wildman–Crippen MR) is 136 cm³/mol. The zero-order chi connectivity index (χ0) is 22.5. The van der Waals surface area contributed by atoms with Gasteiger partial charge in [-0.15, -0.1) is 0 Å². The normalized spacial score (nSPS) is 11.1. The second kappa shape index (κ2) is 10.1. The topological polar surface area (TPSA) is 50.7 Å². The zero-order valence-electron chi connectivity index (χ0n) is 17.3. The average molecular weight is 552 g/mol. The van der Waals surface area contributed by atoms with E-state index in [-0.39, 0.29) is 5.91 Å². The quantitative estimate of drug-likeness (QED) is 0.207. The fourth-order valence-corrected chi connectivity index (χ4v) is 4.83. The molecule has 0 radical (unpaired) electrons. The number of fused-ring (bicyclic) bond motifs is 1. The summed E-state index contributed by atoms with van der Waals surface area (Å²) in [6.07, 6.45) is 1.59. The first-order valence-electron chi connectivity index (χ1n) is 10.00. The number of amides is 1. The van der Waals surface area contributed by atoms with E-state index in [0.29, 0.717) is 17.9 Å². The third-order valence-electron chi connectivity index (χ3n) is 4.93. The number of hydrogen-bond donors (Lipinski definition) is 1. The molecular weight excluding hydrogens is 532 g/mol. The first kappa shape index (κ1) is 22.2. The number of aryl methyl sites for hydroxylation is 1. The smallest absolute Gasteiger partial charge is 0.271 e. The molecule has 4 rings (SSSR count). The van der Waals surface area contributed by atoms with Crippen LogP contribution in [0.4, 0.5) is 0 Å². The van der Waals surface area contributed by atoms with Crippen molar-refractivity contribution in [2.75, 3.05) is 0 Å². The maximum Gasteiger partial charge on any atom is 0.271 e. The third-order valence-corrected chi connectivity index (χ3v) is 6.11. The number of hydrogen-bond acceptors (Lipinski definition) is 3. The van der Waals surface area contributed by atoms with Crippen LogP contribution in [0.2, 0.25) is 0 Å². The van der Waals surface area contributed by atoms with E-state index in [9.17, 15) is 4.79 Å². The van der Waals surface area contributed by atoms with Crippen LogP contribution in [0.5, 0.6) is 5.75 Å². The van der Waals surface area contributed by atoms with Gasteiger partial charge < -0.3 is 4.74 Å². The van der Waals surface area contributed by atoms with E-state index in [2.05, 4.69) is 66.7 Å². The Kier molecular flexibility index (Phi) is 7.02. The van der Waals surface area contributed by atoms with E-state index >= 15 is 0 Å². The van der Waals surface area contributed by atoms with Crippen LogP contribution in [-0.2, 0) is 6.61 Å². The van der Waals surface area contributed by atoms with Gasteiger partial charge in [0.15, 0.2) is 0 Å². The van der Waals surface area contributed by atoms with Gasteiger partial charge in [0.2, 0.25) is 0 Å². The van der Waals surface area contributed by atoms with Crippen molar-refractivity contribution >= 4 is 54.8 Å². The van der Waals surface area contributed by atoms with Crippen molar-refractivity contribution in [3.63, 3.8) is 0 Å². The minimum atomic E-state index is -0.252. The zero-order valence-corrected chi connectivity index (χ0v) is 20.5. The van der Waals surface area contributed by atoms with E-state index in [1.165, 1.54) is 10.8 Å². The standard InChI is InChI=1S/C26H20Br2N2O2/c1-17-6-4-9-20(12-17)26(31)30-29-15-18-13-23(27)25(24(28)14-18)32-16-21-10-5-8-19-7-2-3-11-22(19)21/h2-15H,16H2,1H3,(H,30,31)/b29-15-. The van der Waals surface area contributed by atoms with Crippen molar-refractivity contribution in [3.8, 4) is 5.75 Å². The number of ether oxygens (including phenoxy) is 1. The molecular formula is C26H20Br2N2O2. The first-order valence-corrected chi connectivity index (χ1v) is 11.6. The molecule has 1 N–H and O–H groups in total. The Hall–Kier alpha value is -2.96. The molecule has 0 saturated carbocycles. The molecule has 160 valence electrons. The molecule has 0 aliphatic heterocycles. The van der Waals surface area contributed by atoms with Gasteiger partial charge in [0, 0.05) is 5.56 Å². The molecule has 0 heterocycles. The van der Waals surface area contributed by atoms with E-state index in [4.69, 9.17) is 4.74 Å². The lowest BCUT2D eigenvalue weighted by Gasteiger charge is -2.13. The molecule has 0 saturated heterocycles. The number of benzene rings is 4. The molecule has 0 spiro atoms. The Bertz CT molecular complexity index is 1290. The number of halogens is 2. The van der Waals surface area contributed by atoms with Crippen LogP contribution < -0.4 is 10.2 Å². The number of nitrogens with zero attached hydrogens (tertiary/aromatic N) is 1. The van der Waals surface area contributed by atoms with Crippen LogP contribution in [0, 0.1) is 6.92 Å². The van der Waals surface area contributed by atoms with E-state index in [0.717, 1.165) is 25.6 Å². The van der Waals surface area contributed by atoms with E-state index in [1.54, 1.807) is 12.3 Å². The van der Waals surface area contributed by atoms with Gasteiger partial charge in [-0.25, -0.2) is 5.43 Å². The molecule has 0 fully saturated rings. The Labute approximate surface area is 203 Å². The second-order valence-electron chi connectivity index (χ2n) is 7.31. The molecule has 4 aromatic carbocycles. The Morgan fingerprint density at radius 1 is 0.969 bits per heavy atom. The predicted octanol–water partition coefficient (Wildman–Crippen LogP) is 7.02. The van der Waals surface area contributed by atoms with Crippen molar-refractivity contribution in [3.05, 3.63) is 110 Å². The second-order valence-corrected chi connectivity index (χ2v) is 9.02. The summed E-state index contributed by atoms with van der Waals surface area (Å²) < 4.78 is 7.70. The maximum atomic E-state index is 12.2. The summed E-state index contributed by atoms with van der Waals surface area (Å²) in [4.78, 5) is 12.2. The molecule has 32 heavy (non-hydrogen) atoms. The summed E-state index contributed by atoms with van der Waals surface area (Å²) >= 11 is 7.17. The lowest BCUT2D eigenvalue weighted by Crippen LogP contribution is -2.17. The van der Waals surface area contributed by atoms with Gasteiger partial charge in [-0.3, -0.25) is 4.79 Å². The summed E-state index contributed by atoms with van der Waals surface area (Å²) in [7, 11) is 0. The lowest BCUT2D eigenvalue weighted by atomic mass is 10.1. The molecule has 0 bridgehead atoms. The van der Waals surface area contributed by atoms with Gasteiger partial charge >= 0.3 is 0 Å². The van der Waals surface area contributed by atoms with E-state index < -0.39 is 0 Å². The van der Waals surface area contributed by atoms with Gasteiger partial charge in [0.1, 0.15) is 12.4 Å². The lowest BCUT2D eigenvalue weighted by molar-refractivity contribution is 0.0955. The van der Waals surface area contributed by atoms with Gasteiger partial charge in [0.25, 0.3) is 5.91 Å². The highest BCUT2D eigenvalue weighted by molar-refractivity contribution is 9.11. The number of rotatable bonds is 6. The fourth-order valence-electron chi connectivity index (χ4n) is 3.38. The Balaban J connectivity index is 1.45. The molecule has 4 nitrogen and oxygen atoms in total. The summed E-state index contributed by atoms with van der Waals surface area (Å²) in [5, 5.41) is 6.44. The maximum absolute atomic E-state index is 12.2. The molecule has 0 aliphatic rings. The van der Waals surface area contributed by atoms with Crippen LogP contribution in [-0.4, -0.2) is 12.1 Å². The highest BCUT2D eigenvalue weighted by Crippen LogP contribution is 2.35. The van der Waals surface area contributed by atoms with Crippen LogP contribution in [0.15, 0.2) is 92.9 Å². The summed E-state index contributed by atoms with van der Waals surface area (Å²) in [5.74, 6) is 0.456. The minimum absolute atomic E-state index is 0.252. The van der Waals surface area contributed by atoms with Crippen LogP contribution in [0.1, 0.15) is 27.0 Å². The monoisotopic (exact) mass is 550 g/mol. The number of carbonyl (C=O) groups is 1. The van der Waals surface area contributed by atoms with Crippen molar-refractivity contribution in [1.82, 2.24) is 5.43 Å². The summed E-state index contributed by atoms with van der Waals surface area (Å²) in [6, 6.07) is 25.6. The number of hydrazone groups is 1. The molecule has 0 unspecified atom stereocenters. The molecule has 4 aromatic rings. The summed E-state index contributed by atoms with van der Waals surface area (Å²) in [6.45, 7) is 2.39. The third kappa shape index (κ3) is 5.26. The van der Waals surface area contributed by atoms with E-state index in [1.807, 2.05) is 55.5 Å². The van der Waals surface area contributed by atoms with Gasteiger partial charge in [-0.2, -0.15) is 5.10 Å². The minimum Gasteiger partial charge on any atom is -0.487 e. The van der Waals surface area contributed by atoms with Crippen molar-refractivity contribution < 1.29 is 9.53 Å². The fraction of sp³-hybridized carbons (Fsp3) is 0.0769. The van der Waals surface area contributed by atoms with Crippen LogP contribution in [0.3, 0.4) is 0 Å². The largest absolute Gasteiger partial charge is 0.487 e. The molecule has 6 heteroatoms. The first-order chi connectivity index (χ1) is 15.5. The average Bonchev–Trinajstić information content (AvgIpc) is 2.78. The SMILES string of the molecule is Cc1cccc(C(=O)N/N=C\c2cc(Br)c(OCc3cccc4ccccc34)c(Br)c2)c1. The van der Waals surface area contributed by atoms with Gasteiger partial charge in [0.05, 0.1) is 15.2 Å². The summed E-state index contributed by atoms with van der Waals surface area (Å²) in [5.41, 5.74) is 6.08. The number of nitrogens with one attached hydrogen (secondary N) is 1.